The molecule has 0 bridgehead atoms. The van der Waals surface area contributed by atoms with Crippen LogP contribution in [0.15, 0.2) is 24.3 Å². The third-order valence-corrected chi connectivity index (χ3v) is 2.19. The minimum Gasteiger partial charge on any atom is -0.495 e. The third-order valence-electron chi connectivity index (χ3n) is 2.19. The molecule has 1 aromatic carbocycles. The standard InChI is InChI=1S/C12H17N3O4/c1-18-10-5-3-2-4-9(10)15-11(16)8-14-6-7-19-12(13)17/h2-5,14H,6-8H2,1H3,(H2,13,17)(H,15,16). The summed E-state index contributed by atoms with van der Waals surface area (Å²) < 4.78 is 9.61. The van der Waals surface area contributed by atoms with Crippen LogP contribution in [0.3, 0.4) is 0 Å². The Morgan fingerprint density at radius 2 is 2.05 bits per heavy atom. The summed E-state index contributed by atoms with van der Waals surface area (Å²) in [5.41, 5.74) is 5.39. The van der Waals surface area contributed by atoms with Crippen LogP contribution in [0.4, 0.5) is 10.5 Å². The van der Waals surface area contributed by atoms with Gasteiger partial charge in [0.2, 0.25) is 5.91 Å². The number of carbonyl (C=O) groups excluding carboxylic acids is 2. The molecule has 0 aliphatic carbocycles. The molecular formula is C12H17N3O4. The van der Waals surface area contributed by atoms with E-state index in [1.807, 2.05) is 6.07 Å². The Balaban J connectivity index is 2.29. The molecule has 7 heteroatoms. The van der Waals surface area contributed by atoms with Crippen LogP contribution >= 0.6 is 0 Å². The molecule has 2 amide bonds. The van der Waals surface area contributed by atoms with E-state index in [9.17, 15) is 9.59 Å². The maximum atomic E-state index is 11.6. The molecule has 0 fully saturated rings. The molecule has 19 heavy (non-hydrogen) atoms. The number of nitrogens with two attached hydrogens (primary N) is 1. The van der Waals surface area contributed by atoms with E-state index >= 15 is 0 Å². The van der Waals surface area contributed by atoms with Gasteiger partial charge in [0.05, 0.1) is 19.3 Å². The molecule has 0 aliphatic rings. The molecule has 1 rings (SSSR count). The lowest BCUT2D eigenvalue weighted by Crippen LogP contribution is -2.31. The van der Waals surface area contributed by atoms with E-state index in [0.717, 1.165) is 0 Å². The van der Waals surface area contributed by atoms with Crippen molar-refractivity contribution in [2.75, 3.05) is 32.1 Å². The van der Waals surface area contributed by atoms with Gasteiger partial charge in [0.1, 0.15) is 12.4 Å². The number of benzene rings is 1. The van der Waals surface area contributed by atoms with Crippen molar-refractivity contribution in [3.8, 4) is 5.75 Å². The lowest BCUT2D eigenvalue weighted by atomic mass is 10.3. The average Bonchev–Trinajstić information content (AvgIpc) is 2.38. The van der Waals surface area contributed by atoms with Crippen LogP contribution in [-0.2, 0) is 9.53 Å². The molecular weight excluding hydrogens is 250 g/mol. The fourth-order valence-corrected chi connectivity index (χ4v) is 1.37. The quantitative estimate of drug-likeness (QED) is 0.617. The normalized spacial score (nSPS) is 9.74. The zero-order valence-electron chi connectivity index (χ0n) is 10.6. The van der Waals surface area contributed by atoms with E-state index in [2.05, 4.69) is 15.4 Å². The number of para-hydroxylation sites is 2. The van der Waals surface area contributed by atoms with Gasteiger partial charge in [0.15, 0.2) is 0 Å². The van der Waals surface area contributed by atoms with Crippen molar-refractivity contribution < 1.29 is 19.1 Å². The summed E-state index contributed by atoms with van der Waals surface area (Å²) in [4.78, 5) is 21.9. The van der Waals surface area contributed by atoms with Gasteiger partial charge in [-0.1, -0.05) is 12.1 Å². The lowest BCUT2D eigenvalue weighted by Gasteiger charge is -2.10. The first-order chi connectivity index (χ1) is 9.13. The predicted octanol–water partition coefficient (Wildman–Crippen LogP) is 0.319. The van der Waals surface area contributed by atoms with Gasteiger partial charge in [0.25, 0.3) is 0 Å². The first-order valence-corrected chi connectivity index (χ1v) is 5.69. The molecule has 0 atom stereocenters. The van der Waals surface area contributed by atoms with Crippen LogP contribution in [0.1, 0.15) is 0 Å². The van der Waals surface area contributed by atoms with Crippen molar-refractivity contribution in [1.29, 1.82) is 0 Å². The van der Waals surface area contributed by atoms with Crippen LogP contribution in [0.5, 0.6) is 5.75 Å². The predicted molar refractivity (Wildman–Crippen MR) is 70.0 cm³/mol. The number of hydrogen-bond donors (Lipinski definition) is 3. The molecule has 0 spiro atoms. The SMILES string of the molecule is COc1ccccc1NC(=O)CNCCOC(N)=O. The molecule has 104 valence electrons. The number of anilines is 1. The fraction of sp³-hybridized carbons (Fsp3) is 0.333. The van der Waals surface area contributed by atoms with E-state index in [1.54, 1.807) is 18.2 Å². The summed E-state index contributed by atoms with van der Waals surface area (Å²) >= 11 is 0. The Labute approximate surface area is 111 Å². The molecule has 1 aromatic rings. The topological polar surface area (TPSA) is 103 Å². The first-order valence-electron chi connectivity index (χ1n) is 5.69. The first kappa shape index (κ1) is 14.8. The maximum Gasteiger partial charge on any atom is 0.404 e. The van der Waals surface area contributed by atoms with Gasteiger partial charge in [-0.15, -0.1) is 0 Å². The van der Waals surface area contributed by atoms with Crippen LogP contribution in [0.2, 0.25) is 0 Å². The van der Waals surface area contributed by atoms with Crippen molar-refractivity contribution >= 4 is 17.7 Å². The molecule has 0 heterocycles. The van der Waals surface area contributed by atoms with Crippen LogP contribution in [0, 0.1) is 0 Å². The van der Waals surface area contributed by atoms with Crippen molar-refractivity contribution in [2.24, 2.45) is 5.73 Å². The summed E-state index contributed by atoms with van der Waals surface area (Å²) in [6.45, 7) is 0.569. The Hall–Kier alpha value is -2.28. The summed E-state index contributed by atoms with van der Waals surface area (Å²) in [5.74, 6) is 0.372. The van der Waals surface area contributed by atoms with Crippen LogP contribution < -0.4 is 21.1 Å². The Morgan fingerprint density at radius 3 is 2.74 bits per heavy atom. The second kappa shape index (κ2) is 7.93. The zero-order valence-corrected chi connectivity index (χ0v) is 10.6. The number of amides is 2. The van der Waals surface area contributed by atoms with E-state index in [4.69, 9.17) is 10.5 Å². The highest BCUT2D eigenvalue weighted by Gasteiger charge is 2.06. The fourth-order valence-electron chi connectivity index (χ4n) is 1.37. The van der Waals surface area contributed by atoms with Gasteiger partial charge in [0, 0.05) is 6.54 Å². The number of nitrogens with one attached hydrogen (secondary N) is 2. The van der Waals surface area contributed by atoms with Crippen molar-refractivity contribution in [3.05, 3.63) is 24.3 Å². The highest BCUT2D eigenvalue weighted by molar-refractivity contribution is 5.93. The molecule has 0 unspecified atom stereocenters. The van der Waals surface area contributed by atoms with E-state index in [1.165, 1.54) is 7.11 Å². The largest absolute Gasteiger partial charge is 0.495 e. The number of rotatable bonds is 7. The molecule has 7 nitrogen and oxygen atoms in total. The second-order valence-corrected chi connectivity index (χ2v) is 3.59. The molecule has 0 saturated heterocycles. The zero-order chi connectivity index (χ0) is 14.1. The smallest absolute Gasteiger partial charge is 0.404 e. The van der Waals surface area contributed by atoms with Crippen LogP contribution in [-0.4, -0.2) is 38.8 Å². The number of methoxy groups -OCH3 is 1. The van der Waals surface area contributed by atoms with E-state index < -0.39 is 6.09 Å². The van der Waals surface area contributed by atoms with Gasteiger partial charge in [-0.3, -0.25) is 4.79 Å². The highest BCUT2D eigenvalue weighted by Crippen LogP contribution is 2.22. The van der Waals surface area contributed by atoms with Crippen molar-refractivity contribution in [2.45, 2.75) is 0 Å². The molecule has 4 N–H and O–H groups in total. The van der Waals surface area contributed by atoms with Gasteiger partial charge >= 0.3 is 6.09 Å². The monoisotopic (exact) mass is 267 g/mol. The second-order valence-electron chi connectivity index (χ2n) is 3.59. The minimum absolute atomic E-state index is 0.0974. The Morgan fingerprint density at radius 1 is 1.32 bits per heavy atom. The summed E-state index contributed by atoms with van der Waals surface area (Å²) in [6.07, 6.45) is -0.833. The van der Waals surface area contributed by atoms with Gasteiger partial charge in [-0.05, 0) is 12.1 Å². The van der Waals surface area contributed by atoms with Gasteiger partial charge < -0.3 is 25.8 Å². The molecule has 0 radical (unpaired) electrons. The summed E-state index contributed by atoms with van der Waals surface area (Å²) in [7, 11) is 1.53. The minimum atomic E-state index is -0.833. The highest BCUT2D eigenvalue weighted by atomic mass is 16.5. The molecule has 0 aliphatic heterocycles. The maximum absolute atomic E-state index is 11.6. The number of carbonyl (C=O) groups is 2. The van der Waals surface area contributed by atoms with E-state index in [0.29, 0.717) is 18.0 Å². The molecule has 0 saturated carbocycles. The van der Waals surface area contributed by atoms with Gasteiger partial charge in [-0.25, -0.2) is 4.79 Å². The number of hydrogen-bond acceptors (Lipinski definition) is 5. The number of ether oxygens (including phenoxy) is 2. The van der Waals surface area contributed by atoms with Crippen LogP contribution in [0.25, 0.3) is 0 Å². The lowest BCUT2D eigenvalue weighted by molar-refractivity contribution is -0.115. The average molecular weight is 267 g/mol. The molecule has 0 aromatic heterocycles. The van der Waals surface area contributed by atoms with Crippen molar-refractivity contribution in [3.63, 3.8) is 0 Å². The van der Waals surface area contributed by atoms with Crippen molar-refractivity contribution in [1.82, 2.24) is 5.32 Å². The number of primary amides is 1. The van der Waals surface area contributed by atoms with E-state index in [-0.39, 0.29) is 19.1 Å². The summed E-state index contributed by atoms with van der Waals surface area (Å²) in [5, 5.41) is 5.51. The Bertz CT molecular complexity index is 437. The Kier molecular flexibility index (Phi) is 6.17. The van der Waals surface area contributed by atoms with Gasteiger partial charge in [-0.2, -0.15) is 0 Å². The third kappa shape index (κ3) is 5.73. The summed E-state index contributed by atoms with van der Waals surface area (Å²) in [6, 6.07) is 7.11.